The van der Waals surface area contributed by atoms with E-state index in [0.29, 0.717) is 6.42 Å². The number of carboxylic acid groups (broad SMARTS) is 1. The molecule has 2 N–H and O–H groups in total. The molecule has 1 saturated carbocycles. The van der Waals surface area contributed by atoms with Gasteiger partial charge in [-0.25, -0.2) is 0 Å². The van der Waals surface area contributed by atoms with Gasteiger partial charge in [0.05, 0.1) is 12.0 Å². The first-order valence-corrected chi connectivity index (χ1v) is 6.06. The zero-order valence-corrected chi connectivity index (χ0v) is 9.48. The van der Waals surface area contributed by atoms with Crippen molar-refractivity contribution >= 4 is 5.97 Å². The third kappa shape index (κ3) is 3.82. The van der Waals surface area contributed by atoms with E-state index in [2.05, 4.69) is 6.92 Å². The summed E-state index contributed by atoms with van der Waals surface area (Å²) in [6.07, 6.45) is 6.09. The molecule has 15 heavy (non-hydrogen) atoms. The van der Waals surface area contributed by atoms with Crippen LogP contribution < -0.4 is 0 Å². The fraction of sp³-hybridized carbons (Fsp3) is 0.917. The van der Waals surface area contributed by atoms with E-state index in [1.54, 1.807) is 0 Å². The van der Waals surface area contributed by atoms with Crippen LogP contribution in [-0.4, -0.2) is 22.3 Å². The minimum absolute atomic E-state index is 0.203. The summed E-state index contributed by atoms with van der Waals surface area (Å²) in [5.74, 6) is -0.701. The molecule has 3 nitrogen and oxygen atoms in total. The Hall–Kier alpha value is -0.570. The molecule has 0 spiro atoms. The van der Waals surface area contributed by atoms with Crippen molar-refractivity contribution in [1.29, 1.82) is 0 Å². The molecule has 0 heterocycles. The van der Waals surface area contributed by atoms with Gasteiger partial charge in [0.25, 0.3) is 0 Å². The number of aliphatic carboxylic acids is 1. The molecular formula is C12H22O3. The molecule has 3 heteroatoms. The van der Waals surface area contributed by atoms with Gasteiger partial charge < -0.3 is 10.2 Å². The molecule has 1 fully saturated rings. The Labute approximate surface area is 91.5 Å². The van der Waals surface area contributed by atoms with Crippen LogP contribution in [0.5, 0.6) is 0 Å². The SMILES string of the molecule is CCCCCC(C(=O)O)C1CCC(O)C1. The smallest absolute Gasteiger partial charge is 0.306 e. The lowest BCUT2D eigenvalue weighted by Crippen LogP contribution is -2.22. The molecule has 0 amide bonds. The van der Waals surface area contributed by atoms with Gasteiger partial charge >= 0.3 is 5.97 Å². The van der Waals surface area contributed by atoms with Crippen molar-refractivity contribution in [2.24, 2.45) is 11.8 Å². The highest BCUT2D eigenvalue weighted by molar-refractivity contribution is 5.70. The minimum atomic E-state index is -0.676. The molecule has 0 aromatic rings. The molecule has 0 aromatic carbocycles. The standard InChI is InChI=1S/C12H22O3/c1-2-3-4-5-11(12(14)15)9-6-7-10(13)8-9/h9-11,13H,2-8H2,1H3,(H,14,15). The van der Waals surface area contributed by atoms with Crippen molar-refractivity contribution < 1.29 is 15.0 Å². The molecule has 0 bridgehead atoms. The van der Waals surface area contributed by atoms with Gasteiger partial charge in [-0.15, -0.1) is 0 Å². The Bertz CT molecular complexity index is 203. The lowest BCUT2D eigenvalue weighted by molar-refractivity contribution is -0.144. The Balaban J connectivity index is 2.39. The van der Waals surface area contributed by atoms with Gasteiger partial charge in [-0.1, -0.05) is 26.2 Å². The molecule has 0 aliphatic heterocycles. The number of hydrogen-bond acceptors (Lipinski definition) is 2. The van der Waals surface area contributed by atoms with Crippen molar-refractivity contribution in [2.75, 3.05) is 0 Å². The van der Waals surface area contributed by atoms with Gasteiger partial charge in [-0.05, 0) is 31.6 Å². The summed E-state index contributed by atoms with van der Waals surface area (Å²) < 4.78 is 0. The maximum absolute atomic E-state index is 11.1. The van der Waals surface area contributed by atoms with Crippen LogP contribution >= 0.6 is 0 Å². The zero-order valence-electron chi connectivity index (χ0n) is 9.48. The molecule has 1 aliphatic carbocycles. The van der Waals surface area contributed by atoms with Crippen LogP contribution in [0, 0.1) is 11.8 Å². The third-order valence-electron chi connectivity index (χ3n) is 3.45. The van der Waals surface area contributed by atoms with Crippen LogP contribution in [-0.2, 0) is 4.79 Å². The summed E-state index contributed by atoms with van der Waals surface area (Å²) in [6.45, 7) is 2.12. The second kappa shape index (κ2) is 6.11. The highest BCUT2D eigenvalue weighted by Crippen LogP contribution is 2.34. The Morgan fingerprint density at radius 2 is 2.13 bits per heavy atom. The number of carbonyl (C=O) groups is 1. The third-order valence-corrected chi connectivity index (χ3v) is 3.45. The van der Waals surface area contributed by atoms with Crippen LogP contribution in [0.3, 0.4) is 0 Å². The first kappa shape index (κ1) is 12.5. The minimum Gasteiger partial charge on any atom is -0.481 e. The van der Waals surface area contributed by atoms with E-state index in [-0.39, 0.29) is 17.9 Å². The molecule has 3 unspecified atom stereocenters. The van der Waals surface area contributed by atoms with E-state index in [4.69, 9.17) is 5.11 Å². The molecule has 0 aromatic heterocycles. The monoisotopic (exact) mass is 214 g/mol. The number of rotatable bonds is 6. The Morgan fingerprint density at radius 1 is 1.40 bits per heavy atom. The summed E-state index contributed by atoms with van der Waals surface area (Å²) in [6, 6.07) is 0. The average Bonchev–Trinajstić information content (AvgIpc) is 2.59. The molecule has 0 saturated heterocycles. The largest absolute Gasteiger partial charge is 0.481 e. The fourth-order valence-electron chi connectivity index (χ4n) is 2.53. The predicted molar refractivity (Wildman–Crippen MR) is 58.6 cm³/mol. The number of aliphatic hydroxyl groups excluding tert-OH is 1. The van der Waals surface area contributed by atoms with Gasteiger partial charge in [0.1, 0.15) is 0 Å². The molecular weight excluding hydrogens is 192 g/mol. The summed E-state index contributed by atoms with van der Waals surface area (Å²) in [5.41, 5.74) is 0. The molecule has 1 aliphatic rings. The quantitative estimate of drug-likeness (QED) is 0.668. The fourth-order valence-corrected chi connectivity index (χ4v) is 2.53. The van der Waals surface area contributed by atoms with Crippen molar-refractivity contribution in [3.05, 3.63) is 0 Å². The van der Waals surface area contributed by atoms with E-state index < -0.39 is 5.97 Å². The van der Waals surface area contributed by atoms with Gasteiger partial charge in [0.15, 0.2) is 0 Å². The average molecular weight is 214 g/mol. The maximum atomic E-state index is 11.1. The van der Waals surface area contributed by atoms with E-state index in [1.165, 1.54) is 0 Å². The summed E-state index contributed by atoms with van der Waals surface area (Å²) in [7, 11) is 0. The van der Waals surface area contributed by atoms with Crippen LogP contribution in [0.15, 0.2) is 0 Å². The van der Waals surface area contributed by atoms with E-state index in [1.807, 2.05) is 0 Å². The first-order chi connectivity index (χ1) is 7.15. The van der Waals surface area contributed by atoms with E-state index in [0.717, 1.165) is 38.5 Å². The second-order valence-electron chi connectivity index (χ2n) is 4.67. The number of unbranched alkanes of at least 4 members (excludes halogenated alkanes) is 2. The lowest BCUT2D eigenvalue weighted by atomic mass is 9.86. The van der Waals surface area contributed by atoms with Crippen LogP contribution in [0.25, 0.3) is 0 Å². The number of hydrogen-bond donors (Lipinski definition) is 2. The zero-order chi connectivity index (χ0) is 11.3. The van der Waals surface area contributed by atoms with E-state index in [9.17, 15) is 9.90 Å². The predicted octanol–water partition coefficient (Wildman–Crippen LogP) is 2.43. The molecule has 0 radical (unpaired) electrons. The van der Waals surface area contributed by atoms with Crippen molar-refractivity contribution in [1.82, 2.24) is 0 Å². The molecule has 1 rings (SSSR count). The van der Waals surface area contributed by atoms with Gasteiger partial charge in [-0.2, -0.15) is 0 Å². The maximum Gasteiger partial charge on any atom is 0.306 e. The van der Waals surface area contributed by atoms with Gasteiger partial charge in [-0.3, -0.25) is 4.79 Å². The summed E-state index contributed by atoms with van der Waals surface area (Å²) in [5, 5.41) is 18.5. The highest BCUT2D eigenvalue weighted by atomic mass is 16.4. The Morgan fingerprint density at radius 3 is 2.60 bits per heavy atom. The second-order valence-corrected chi connectivity index (χ2v) is 4.67. The van der Waals surface area contributed by atoms with Crippen molar-refractivity contribution in [2.45, 2.75) is 58.0 Å². The summed E-state index contributed by atoms with van der Waals surface area (Å²) in [4.78, 5) is 11.1. The molecule has 3 atom stereocenters. The van der Waals surface area contributed by atoms with Crippen molar-refractivity contribution in [3.63, 3.8) is 0 Å². The van der Waals surface area contributed by atoms with Crippen LogP contribution in [0.1, 0.15) is 51.9 Å². The van der Waals surface area contributed by atoms with Crippen LogP contribution in [0.2, 0.25) is 0 Å². The Kier molecular flexibility index (Phi) is 5.09. The van der Waals surface area contributed by atoms with E-state index >= 15 is 0 Å². The number of carboxylic acids is 1. The highest BCUT2D eigenvalue weighted by Gasteiger charge is 2.33. The van der Waals surface area contributed by atoms with Gasteiger partial charge in [0.2, 0.25) is 0 Å². The topological polar surface area (TPSA) is 57.5 Å². The number of aliphatic hydroxyl groups is 1. The van der Waals surface area contributed by atoms with Crippen molar-refractivity contribution in [3.8, 4) is 0 Å². The van der Waals surface area contributed by atoms with Gasteiger partial charge in [0, 0.05) is 0 Å². The summed E-state index contributed by atoms with van der Waals surface area (Å²) >= 11 is 0. The normalized spacial score (nSPS) is 27.9. The van der Waals surface area contributed by atoms with Crippen LogP contribution in [0.4, 0.5) is 0 Å². The molecule has 88 valence electrons. The lowest BCUT2D eigenvalue weighted by Gasteiger charge is -2.18. The first-order valence-electron chi connectivity index (χ1n) is 6.06.